The van der Waals surface area contributed by atoms with Crippen LogP contribution >= 0.6 is 0 Å². The number of hydrogen-bond donors (Lipinski definition) is 1. The van der Waals surface area contributed by atoms with Gasteiger partial charge in [0.2, 0.25) is 0 Å². The lowest BCUT2D eigenvalue weighted by Crippen LogP contribution is -2.44. The minimum absolute atomic E-state index is 0.190. The maximum absolute atomic E-state index is 5.84. The summed E-state index contributed by atoms with van der Waals surface area (Å²) in [5.74, 6) is 0.556. The quantitative estimate of drug-likeness (QED) is 0.829. The first kappa shape index (κ1) is 13.3. The van der Waals surface area contributed by atoms with E-state index >= 15 is 0 Å². The number of aromatic nitrogens is 3. The third-order valence-corrected chi connectivity index (χ3v) is 3.40. The van der Waals surface area contributed by atoms with E-state index in [9.17, 15) is 0 Å². The largest absolute Gasteiger partial charge is 0.381 e. The predicted molar refractivity (Wildman–Crippen MR) is 70.3 cm³/mol. The molecule has 1 atom stereocenters. The summed E-state index contributed by atoms with van der Waals surface area (Å²) in [5, 5.41) is 8.08. The molecule has 0 aliphatic carbocycles. The van der Waals surface area contributed by atoms with Gasteiger partial charge in [-0.1, -0.05) is 25.5 Å². The van der Waals surface area contributed by atoms with E-state index < -0.39 is 0 Å². The molecule has 0 spiro atoms. The summed E-state index contributed by atoms with van der Waals surface area (Å²) in [6, 6.07) is 0. The van der Waals surface area contributed by atoms with Crippen LogP contribution in [0.1, 0.15) is 26.0 Å². The fourth-order valence-electron chi connectivity index (χ4n) is 2.36. The Morgan fingerprint density at radius 2 is 2.28 bits per heavy atom. The van der Waals surface area contributed by atoms with E-state index in [0.717, 1.165) is 51.3 Å². The molecular weight excluding hydrogens is 230 g/mol. The maximum Gasteiger partial charge on any atom is 0.169 e. The molecule has 0 amide bonds. The second-order valence-corrected chi connectivity index (χ2v) is 4.74. The molecule has 1 saturated heterocycles. The van der Waals surface area contributed by atoms with Crippen LogP contribution in [-0.2, 0) is 17.7 Å². The molecular formula is C12H23N5O. The Labute approximate surface area is 108 Å². The highest BCUT2D eigenvalue weighted by Gasteiger charge is 2.21. The first-order valence-corrected chi connectivity index (χ1v) is 6.76. The highest BCUT2D eigenvalue weighted by Crippen LogP contribution is 2.13. The number of rotatable bonds is 5. The van der Waals surface area contributed by atoms with Crippen molar-refractivity contribution in [3.05, 3.63) is 5.69 Å². The Bertz CT molecular complexity index is 379. The monoisotopic (exact) mass is 253 g/mol. The van der Waals surface area contributed by atoms with Gasteiger partial charge in [0.05, 0.1) is 24.9 Å². The highest BCUT2D eigenvalue weighted by atomic mass is 16.5. The summed E-state index contributed by atoms with van der Waals surface area (Å²) in [5.41, 5.74) is 6.88. The van der Waals surface area contributed by atoms with E-state index in [2.05, 4.69) is 29.1 Å². The molecule has 0 radical (unpaired) electrons. The molecule has 1 aliphatic rings. The number of ether oxygens (including phenoxy) is 1. The van der Waals surface area contributed by atoms with Crippen LogP contribution in [0.3, 0.4) is 0 Å². The molecule has 1 aromatic heterocycles. The summed E-state index contributed by atoms with van der Waals surface area (Å²) in [6.45, 7) is 8.91. The van der Waals surface area contributed by atoms with E-state index in [1.165, 1.54) is 0 Å². The van der Waals surface area contributed by atoms with Gasteiger partial charge in [-0.05, 0) is 13.0 Å². The second kappa shape index (κ2) is 6.15. The Morgan fingerprint density at radius 1 is 1.44 bits per heavy atom. The molecule has 18 heavy (non-hydrogen) atoms. The van der Waals surface area contributed by atoms with Gasteiger partial charge in [-0.15, -0.1) is 5.10 Å². The minimum Gasteiger partial charge on any atom is -0.381 e. The van der Waals surface area contributed by atoms with E-state index in [0.29, 0.717) is 5.82 Å². The third kappa shape index (κ3) is 3.00. The lowest BCUT2D eigenvalue weighted by Gasteiger charge is -2.32. The first-order valence-electron chi connectivity index (χ1n) is 6.76. The summed E-state index contributed by atoms with van der Waals surface area (Å²) in [4.78, 5) is 2.40. The zero-order valence-electron chi connectivity index (χ0n) is 11.3. The van der Waals surface area contributed by atoms with Crippen molar-refractivity contribution in [2.45, 2.75) is 39.3 Å². The standard InChI is InChI=1S/C12H23N5O/c1-3-5-11-12(13)14-15-17(11)9-10-8-16(4-2)6-7-18-10/h10H,3-9,13H2,1-2H3. The van der Waals surface area contributed by atoms with Crippen molar-refractivity contribution in [2.24, 2.45) is 0 Å². The topological polar surface area (TPSA) is 69.2 Å². The van der Waals surface area contributed by atoms with Crippen molar-refractivity contribution in [1.82, 2.24) is 19.9 Å². The van der Waals surface area contributed by atoms with E-state index in [-0.39, 0.29) is 6.10 Å². The van der Waals surface area contributed by atoms with E-state index in [1.807, 2.05) is 4.68 Å². The molecule has 0 saturated carbocycles. The second-order valence-electron chi connectivity index (χ2n) is 4.74. The molecule has 2 heterocycles. The minimum atomic E-state index is 0.190. The number of nitrogens with two attached hydrogens (primary N) is 1. The van der Waals surface area contributed by atoms with Gasteiger partial charge in [0.25, 0.3) is 0 Å². The van der Waals surface area contributed by atoms with Gasteiger partial charge in [-0.3, -0.25) is 4.90 Å². The van der Waals surface area contributed by atoms with Crippen LogP contribution in [-0.4, -0.2) is 52.2 Å². The van der Waals surface area contributed by atoms with Crippen LogP contribution in [0.2, 0.25) is 0 Å². The van der Waals surface area contributed by atoms with Crippen molar-refractivity contribution in [2.75, 3.05) is 32.0 Å². The van der Waals surface area contributed by atoms with Gasteiger partial charge >= 0.3 is 0 Å². The number of likely N-dealkylation sites (N-methyl/N-ethyl adjacent to an activating group) is 1. The van der Waals surface area contributed by atoms with Crippen LogP contribution in [0.4, 0.5) is 5.82 Å². The summed E-state index contributed by atoms with van der Waals surface area (Å²) < 4.78 is 7.69. The van der Waals surface area contributed by atoms with Gasteiger partial charge < -0.3 is 10.5 Å². The number of nitrogens with zero attached hydrogens (tertiary/aromatic N) is 4. The van der Waals surface area contributed by atoms with Crippen molar-refractivity contribution in [3.8, 4) is 0 Å². The Balaban J connectivity index is 2.00. The van der Waals surface area contributed by atoms with Crippen LogP contribution in [0, 0.1) is 0 Å². The third-order valence-electron chi connectivity index (χ3n) is 3.40. The molecule has 6 nitrogen and oxygen atoms in total. The van der Waals surface area contributed by atoms with Crippen LogP contribution < -0.4 is 5.73 Å². The summed E-state index contributed by atoms with van der Waals surface area (Å²) in [7, 11) is 0. The van der Waals surface area contributed by atoms with Gasteiger partial charge in [0.15, 0.2) is 5.82 Å². The lowest BCUT2D eigenvalue weighted by molar-refractivity contribution is -0.0363. The zero-order valence-corrected chi connectivity index (χ0v) is 11.3. The van der Waals surface area contributed by atoms with Gasteiger partial charge in [-0.25, -0.2) is 4.68 Å². The fourth-order valence-corrected chi connectivity index (χ4v) is 2.36. The normalized spacial score (nSPS) is 21.3. The molecule has 1 aliphatic heterocycles. The lowest BCUT2D eigenvalue weighted by atomic mass is 10.2. The fraction of sp³-hybridized carbons (Fsp3) is 0.833. The van der Waals surface area contributed by atoms with Gasteiger partial charge in [0, 0.05) is 13.1 Å². The van der Waals surface area contributed by atoms with Crippen molar-refractivity contribution >= 4 is 5.82 Å². The van der Waals surface area contributed by atoms with Crippen LogP contribution in [0.15, 0.2) is 0 Å². The van der Waals surface area contributed by atoms with Crippen LogP contribution in [0.25, 0.3) is 0 Å². The molecule has 6 heteroatoms. The molecule has 2 N–H and O–H groups in total. The molecule has 102 valence electrons. The molecule has 0 bridgehead atoms. The van der Waals surface area contributed by atoms with E-state index in [1.54, 1.807) is 0 Å². The molecule has 1 unspecified atom stereocenters. The first-order chi connectivity index (χ1) is 8.74. The number of nitrogen functional groups attached to an aromatic ring is 1. The molecule has 1 aromatic rings. The Morgan fingerprint density at radius 3 is 3.00 bits per heavy atom. The zero-order chi connectivity index (χ0) is 13.0. The average molecular weight is 253 g/mol. The van der Waals surface area contributed by atoms with Crippen molar-refractivity contribution in [1.29, 1.82) is 0 Å². The van der Waals surface area contributed by atoms with Crippen molar-refractivity contribution in [3.63, 3.8) is 0 Å². The van der Waals surface area contributed by atoms with Crippen molar-refractivity contribution < 1.29 is 4.74 Å². The number of hydrogen-bond acceptors (Lipinski definition) is 5. The molecule has 0 aromatic carbocycles. The van der Waals surface area contributed by atoms with Gasteiger partial charge in [0.1, 0.15) is 0 Å². The summed E-state index contributed by atoms with van der Waals surface area (Å²) in [6.07, 6.45) is 2.16. The van der Waals surface area contributed by atoms with Gasteiger partial charge in [-0.2, -0.15) is 0 Å². The molecule has 1 fully saturated rings. The highest BCUT2D eigenvalue weighted by molar-refractivity contribution is 5.32. The average Bonchev–Trinajstić information content (AvgIpc) is 2.72. The molecule has 2 rings (SSSR count). The SMILES string of the molecule is CCCc1c(N)nnn1CC1CN(CC)CCO1. The van der Waals surface area contributed by atoms with E-state index in [4.69, 9.17) is 10.5 Å². The smallest absolute Gasteiger partial charge is 0.169 e. The number of morpholine rings is 1. The Hall–Kier alpha value is -1.14. The number of anilines is 1. The van der Waals surface area contributed by atoms with Crippen LogP contribution in [0.5, 0.6) is 0 Å². The maximum atomic E-state index is 5.84. The summed E-state index contributed by atoms with van der Waals surface area (Å²) >= 11 is 0. The predicted octanol–water partition coefficient (Wildman–Crippen LogP) is 0.533. The Kier molecular flexibility index (Phi) is 4.54.